The summed E-state index contributed by atoms with van der Waals surface area (Å²) in [6, 6.07) is 0.301. The third-order valence-electron chi connectivity index (χ3n) is 3.45. The molecule has 0 aromatic rings. The molecule has 0 saturated carbocycles. The minimum atomic E-state index is -0.0281. The molecule has 2 unspecified atom stereocenters. The normalized spacial score (nSPS) is 32.8. The van der Waals surface area contributed by atoms with Gasteiger partial charge in [-0.05, 0) is 14.0 Å². The quantitative estimate of drug-likeness (QED) is 0.584. The Morgan fingerprint density at radius 2 is 2.12 bits per heavy atom. The number of hydrogen-bond donors (Lipinski definition) is 2. The second kappa shape index (κ2) is 5.12. The molecule has 2 atom stereocenters. The van der Waals surface area contributed by atoms with Crippen molar-refractivity contribution in [2.45, 2.75) is 19.0 Å². The lowest BCUT2D eigenvalue weighted by Crippen LogP contribution is -2.61. The van der Waals surface area contributed by atoms with Crippen molar-refractivity contribution in [3.05, 3.63) is 0 Å². The van der Waals surface area contributed by atoms with Crippen molar-refractivity contribution in [3.8, 4) is 0 Å². The third-order valence-corrected chi connectivity index (χ3v) is 3.45. The zero-order chi connectivity index (χ0) is 11.5. The smallest absolute Gasteiger partial charge is 0.241 e. The van der Waals surface area contributed by atoms with Gasteiger partial charge in [-0.15, -0.1) is 0 Å². The lowest BCUT2D eigenvalue weighted by atomic mass is 10.1. The highest BCUT2D eigenvalue weighted by Crippen LogP contribution is 2.10. The van der Waals surface area contributed by atoms with Crippen molar-refractivity contribution in [3.63, 3.8) is 0 Å². The van der Waals surface area contributed by atoms with E-state index >= 15 is 0 Å². The van der Waals surface area contributed by atoms with Gasteiger partial charge in [-0.25, -0.2) is 0 Å². The van der Waals surface area contributed by atoms with E-state index in [-0.39, 0.29) is 11.9 Å². The van der Waals surface area contributed by atoms with Crippen molar-refractivity contribution in [2.24, 2.45) is 0 Å². The van der Waals surface area contributed by atoms with Gasteiger partial charge in [-0.3, -0.25) is 4.79 Å². The number of nitrogens with zero attached hydrogens (tertiary/aromatic N) is 2. The molecule has 1 amide bonds. The first-order chi connectivity index (χ1) is 7.68. The molecule has 0 spiro atoms. The average molecular weight is 226 g/mol. The Balaban J connectivity index is 1.92. The highest BCUT2D eigenvalue weighted by Gasteiger charge is 2.31. The minimum absolute atomic E-state index is 0.0281. The van der Waals surface area contributed by atoms with Gasteiger partial charge in [0.2, 0.25) is 5.91 Å². The summed E-state index contributed by atoms with van der Waals surface area (Å²) in [5.74, 6) is 0.257. The van der Waals surface area contributed by atoms with Gasteiger partial charge in [0, 0.05) is 45.3 Å². The van der Waals surface area contributed by atoms with Crippen molar-refractivity contribution in [1.82, 2.24) is 20.4 Å². The number of piperazine rings is 2. The van der Waals surface area contributed by atoms with Crippen LogP contribution in [0.15, 0.2) is 0 Å². The Kier molecular flexibility index (Phi) is 3.78. The van der Waals surface area contributed by atoms with Crippen molar-refractivity contribution < 1.29 is 4.79 Å². The molecule has 5 heteroatoms. The predicted molar refractivity (Wildman–Crippen MR) is 63.3 cm³/mol. The molecule has 2 N–H and O–H groups in total. The summed E-state index contributed by atoms with van der Waals surface area (Å²) in [6.45, 7) is 7.55. The minimum Gasteiger partial charge on any atom is -0.336 e. The number of likely N-dealkylation sites (N-methyl/N-ethyl adjacent to an activating group) is 1. The summed E-state index contributed by atoms with van der Waals surface area (Å²) in [4.78, 5) is 16.6. The second-order valence-electron chi connectivity index (χ2n) is 4.85. The number of hydrogen-bond acceptors (Lipinski definition) is 4. The summed E-state index contributed by atoms with van der Waals surface area (Å²) < 4.78 is 0. The van der Waals surface area contributed by atoms with Crippen molar-refractivity contribution in [1.29, 1.82) is 0 Å². The largest absolute Gasteiger partial charge is 0.336 e. The van der Waals surface area contributed by atoms with Crippen molar-refractivity contribution in [2.75, 3.05) is 46.3 Å². The zero-order valence-corrected chi connectivity index (χ0v) is 10.2. The maximum Gasteiger partial charge on any atom is 0.241 e. The van der Waals surface area contributed by atoms with Crippen LogP contribution in [0.4, 0.5) is 0 Å². The van der Waals surface area contributed by atoms with E-state index in [2.05, 4.69) is 29.5 Å². The number of carbonyl (C=O) groups is 1. The number of carbonyl (C=O) groups excluding carboxylic acids is 1. The fourth-order valence-corrected chi connectivity index (χ4v) is 2.50. The van der Waals surface area contributed by atoms with Crippen LogP contribution in [0.3, 0.4) is 0 Å². The van der Waals surface area contributed by atoms with Crippen LogP contribution in [0, 0.1) is 0 Å². The molecular formula is C11H22N4O. The van der Waals surface area contributed by atoms with E-state index in [4.69, 9.17) is 0 Å². The number of nitrogens with one attached hydrogen (secondary N) is 2. The third kappa shape index (κ3) is 2.53. The lowest BCUT2D eigenvalue weighted by molar-refractivity contribution is -0.137. The molecule has 0 aromatic heterocycles. The summed E-state index contributed by atoms with van der Waals surface area (Å²) in [5, 5.41) is 6.54. The summed E-state index contributed by atoms with van der Waals surface area (Å²) in [6.07, 6.45) is 0. The second-order valence-corrected chi connectivity index (χ2v) is 4.85. The van der Waals surface area contributed by atoms with Crippen LogP contribution >= 0.6 is 0 Å². The molecule has 16 heavy (non-hydrogen) atoms. The van der Waals surface area contributed by atoms with Gasteiger partial charge in [0.15, 0.2) is 0 Å². The summed E-state index contributed by atoms with van der Waals surface area (Å²) in [7, 11) is 2.11. The highest BCUT2D eigenvalue weighted by molar-refractivity contribution is 5.82. The predicted octanol–water partition coefficient (Wildman–Crippen LogP) is -1.29. The zero-order valence-electron chi connectivity index (χ0n) is 10.2. The van der Waals surface area contributed by atoms with Gasteiger partial charge < -0.3 is 20.4 Å². The first-order valence-electron chi connectivity index (χ1n) is 6.11. The first-order valence-corrected chi connectivity index (χ1v) is 6.11. The van der Waals surface area contributed by atoms with Crippen LogP contribution in [-0.2, 0) is 4.79 Å². The van der Waals surface area contributed by atoms with E-state index in [1.54, 1.807) is 0 Å². The lowest BCUT2D eigenvalue weighted by Gasteiger charge is -2.40. The Morgan fingerprint density at radius 1 is 1.31 bits per heavy atom. The fourth-order valence-electron chi connectivity index (χ4n) is 2.50. The van der Waals surface area contributed by atoms with Crippen LogP contribution in [0.25, 0.3) is 0 Å². The maximum absolute atomic E-state index is 12.3. The molecule has 2 rings (SSSR count). The van der Waals surface area contributed by atoms with Gasteiger partial charge in [0.05, 0.1) is 6.04 Å². The molecular weight excluding hydrogens is 204 g/mol. The van der Waals surface area contributed by atoms with E-state index in [9.17, 15) is 4.79 Å². The molecule has 0 bridgehead atoms. The molecule has 2 aliphatic rings. The molecule has 0 radical (unpaired) electrons. The molecule has 2 aliphatic heterocycles. The van der Waals surface area contributed by atoms with Crippen LogP contribution in [0.5, 0.6) is 0 Å². The molecule has 0 aromatic carbocycles. The summed E-state index contributed by atoms with van der Waals surface area (Å²) >= 11 is 0. The molecule has 2 fully saturated rings. The van der Waals surface area contributed by atoms with Gasteiger partial charge in [-0.2, -0.15) is 0 Å². The molecule has 2 heterocycles. The van der Waals surface area contributed by atoms with Crippen LogP contribution in [-0.4, -0.2) is 74.1 Å². The van der Waals surface area contributed by atoms with Crippen molar-refractivity contribution >= 4 is 5.91 Å². The highest BCUT2D eigenvalue weighted by atomic mass is 16.2. The Hall–Kier alpha value is -0.650. The topological polar surface area (TPSA) is 47.6 Å². The van der Waals surface area contributed by atoms with E-state index in [0.717, 1.165) is 39.3 Å². The monoisotopic (exact) mass is 226 g/mol. The van der Waals surface area contributed by atoms with Gasteiger partial charge in [0.1, 0.15) is 0 Å². The van der Waals surface area contributed by atoms with Gasteiger partial charge >= 0.3 is 0 Å². The maximum atomic E-state index is 12.3. The Bertz CT molecular complexity index is 252. The van der Waals surface area contributed by atoms with E-state index < -0.39 is 0 Å². The summed E-state index contributed by atoms with van der Waals surface area (Å²) in [5.41, 5.74) is 0. The van der Waals surface area contributed by atoms with Crippen LogP contribution in [0.2, 0.25) is 0 Å². The number of amides is 1. The number of rotatable bonds is 1. The molecule has 2 saturated heterocycles. The fraction of sp³-hybridized carbons (Fsp3) is 0.909. The molecule has 0 aliphatic carbocycles. The standard InChI is InChI=1S/C11H22N4O/c1-9-8-14(2)5-6-15(9)11(16)10-7-12-3-4-13-10/h9-10,12-13H,3-8H2,1-2H3. The Morgan fingerprint density at radius 3 is 2.75 bits per heavy atom. The SMILES string of the molecule is CC1CN(C)CCN1C(=O)C1CNCCN1. The average Bonchev–Trinajstić information content (AvgIpc) is 2.29. The van der Waals surface area contributed by atoms with E-state index in [1.165, 1.54) is 0 Å². The van der Waals surface area contributed by atoms with Gasteiger partial charge in [0.25, 0.3) is 0 Å². The van der Waals surface area contributed by atoms with E-state index in [1.807, 2.05) is 4.90 Å². The molecule has 5 nitrogen and oxygen atoms in total. The first kappa shape index (κ1) is 11.8. The van der Waals surface area contributed by atoms with E-state index in [0.29, 0.717) is 6.04 Å². The molecule has 92 valence electrons. The van der Waals surface area contributed by atoms with Crippen LogP contribution in [0.1, 0.15) is 6.92 Å². The van der Waals surface area contributed by atoms with Gasteiger partial charge in [-0.1, -0.05) is 0 Å². The Labute approximate surface area is 97.2 Å². The van der Waals surface area contributed by atoms with Crippen LogP contribution < -0.4 is 10.6 Å².